The number of aromatic nitrogens is 1. The first-order valence-electron chi connectivity index (χ1n) is 8.14. The van der Waals surface area contributed by atoms with Gasteiger partial charge in [0.2, 0.25) is 5.91 Å². The Morgan fingerprint density at radius 3 is 2.72 bits per heavy atom. The minimum absolute atomic E-state index is 0.0590. The molecule has 3 rings (SSSR count). The SMILES string of the molecule is CN(CC1CNNC1c1ccc(F)cc1)C(=O)CSc1ccncc1. The predicted molar refractivity (Wildman–Crippen MR) is 96.4 cm³/mol. The Morgan fingerprint density at radius 2 is 2.00 bits per heavy atom. The van der Waals surface area contributed by atoms with Crippen LogP contribution in [-0.2, 0) is 4.79 Å². The fraction of sp³-hybridized carbons (Fsp3) is 0.333. The van der Waals surface area contributed by atoms with Gasteiger partial charge in [0, 0.05) is 43.3 Å². The predicted octanol–water partition coefficient (Wildman–Crippen LogP) is 2.24. The summed E-state index contributed by atoms with van der Waals surface area (Å²) in [5.74, 6) is 0.471. The van der Waals surface area contributed by atoms with Crippen molar-refractivity contribution >= 4 is 17.7 Å². The maximum atomic E-state index is 13.1. The molecular formula is C18H21FN4OS. The number of thioether (sulfide) groups is 1. The summed E-state index contributed by atoms with van der Waals surface area (Å²) in [6.07, 6.45) is 3.44. The van der Waals surface area contributed by atoms with E-state index in [2.05, 4.69) is 15.8 Å². The average molecular weight is 360 g/mol. The molecule has 2 unspecified atom stereocenters. The van der Waals surface area contributed by atoms with E-state index >= 15 is 0 Å². The van der Waals surface area contributed by atoms with E-state index < -0.39 is 0 Å². The number of benzene rings is 1. The Labute approximate surface area is 151 Å². The van der Waals surface area contributed by atoms with Crippen LogP contribution in [0, 0.1) is 11.7 Å². The number of hydrazine groups is 1. The molecule has 2 aromatic rings. The Balaban J connectivity index is 1.54. The summed E-state index contributed by atoms with van der Waals surface area (Å²) >= 11 is 1.51. The van der Waals surface area contributed by atoms with Gasteiger partial charge in [-0.2, -0.15) is 0 Å². The van der Waals surface area contributed by atoms with Gasteiger partial charge < -0.3 is 4.90 Å². The smallest absolute Gasteiger partial charge is 0.232 e. The summed E-state index contributed by atoms with van der Waals surface area (Å²) in [6, 6.07) is 10.4. The molecule has 1 aliphatic heterocycles. The topological polar surface area (TPSA) is 57.3 Å². The van der Waals surface area contributed by atoms with Crippen LogP contribution in [-0.4, -0.2) is 41.7 Å². The van der Waals surface area contributed by atoms with Crippen LogP contribution in [0.2, 0.25) is 0 Å². The van der Waals surface area contributed by atoms with Crippen molar-refractivity contribution in [2.24, 2.45) is 5.92 Å². The lowest BCUT2D eigenvalue weighted by Crippen LogP contribution is -2.35. The summed E-state index contributed by atoms with van der Waals surface area (Å²) in [5.41, 5.74) is 7.38. The molecule has 1 aromatic carbocycles. The standard InChI is InChI=1S/C18H21FN4OS/c1-23(17(24)12-25-16-6-8-20-9-7-16)11-14-10-21-22-18(14)13-2-4-15(19)5-3-13/h2-9,14,18,21-22H,10-12H2,1H3. The Bertz CT molecular complexity index is 698. The molecule has 1 saturated heterocycles. The molecule has 0 radical (unpaired) electrons. The van der Waals surface area contributed by atoms with Crippen molar-refractivity contribution in [1.29, 1.82) is 0 Å². The van der Waals surface area contributed by atoms with Crippen molar-refractivity contribution in [2.75, 3.05) is 25.9 Å². The average Bonchev–Trinajstić information content (AvgIpc) is 3.09. The van der Waals surface area contributed by atoms with Gasteiger partial charge in [0.25, 0.3) is 0 Å². The maximum Gasteiger partial charge on any atom is 0.232 e. The first-order valence-corrected chi connectivity index (χ1v) is 9.12. The summed E-state index contributed by atoms with van der Waals surface area (Å²) in [7, 11) is 1.83. The molecule has 1 amide bonds. The fourth-order valence-electron chi connectivity index (χ4n) is 2.87. The van der Waals surface area contributed by atoms with E-state index in [0.29, 0.717) is 12.3 Å². The molecule has 1 fully saturated rings. The number of hydrogen-bond donors (Lipinski definition) is 2. The minimum atomic E-state index is -0.244. The van der Waals surface area contributed by atoms with Gasteiger partial charge in [-0.15, -0.1) is 11.8 Å². The van der Waals surface area contributed by atoms with Gasteiger partial charge in [0.1, 0.15) is 5.82 Å². The molecule has 5 nitrogen and oxygen atoms in total. The summed E-state index contributed by atoms with van der Waals surface area (Å²) in [6.45, 7) is 1.40. The van der Waals surface area contributed by atoms with Gasteiger partial charge in [-0.25, -0.2) is 9.82 Å². The molecule has 132 valence electrons. The molecule has 2 atom stereocenters. The van der Waals surface area contributed by atoms with Gasteiger partial charge in [-0.05, 0) is 29.8 Å². The van der Waals surface area contributed by atoms with Gasteiger partial charge in [0.05, 0.1) is 11.8 Å². The molecule has 0 bridgehead atoms. The molecule has 0 aliphatic carbocycles. The van der Waals surface area contributed by atoms with Crippen molar-refractivity contribution in [3.8, 4) is 0 Å². The lowest BCUT2D eigenvalue weighted by Gasteiger charge is -2.25. The Kier molecular flexibility index (Phi) is 6.01. The number of pyridine rings is 1. The molecule has 1 aromatic heterocycles. The van der Waals surface area contributed by atoms with Crippen molar-refractivity contribution in [1.82, 2.24) is 20.7 Å². The highest BCUT2D eigenvalue weighted by Gasteiger charge is 2.30. The van der Waals surface area contributed by atoms with Gasteiger partial charge >= 0.3 is 0 Å². The number of nitrogens with zero attached hydrogens (tertiary/aromatic N) is 2. The van der Waals surface area contributed by atoms with Crippen LogP contribution in [0.25, 0.3) is 0 Å². The van der Waals surface area contributed by atoms with Crippen LogP contribution in [0.5, 0.6) is 0 Å². The number of rotatable bonds is 6. The highest BCUT2D eigenvalue weighted by atomic mass is 32.2. The van der Waals surface area contributed by atoms with Crippen molar-refractivity contribution in [3.63, 3.8) is 0 Å². The van der Waals surface area contributed by atoms with Crippen molar-refractivity contribution < 1.29 is 9.18 Å². The molecule has 2 heterocycles. The Morgan fingerprint density at radius 1 is 1.28 bits per heavy atom. The van der Waals surface area contributed by atoms with Crippen LogP contribution in [0.15, 0.2) is 53.7 Å². The zero-order valence-corrected chi connectivity index (χ0v) is 14.8. The summed E-state index contributed by atoms with van der Waals surface area (Å²) in [4.78, 5) is 19.2. The molecule has 2 N–H and O–H groups in total. The second kappa shape index (κ2) is 8.42. The van der Waals surface area contributed by atoms with Crippen molar-refractivity contribution in [3.05, 3.63) is 60.2 Å². The second-order valence-corrected chi connectivity index (χ2v) is 7.11. The molecule has 7 heteroatoms. The largest absolute Gasteiger partial charge is 0.345 e. The zero-order valence-electron chi connectivity index (χ0n) is 14.0. The summed E-state index contributed by atoms with van der Waals surface area (Å²) in [5, 5.41) is 0. The second-order valence-electron chi connectivity index (χ2n) is 6.06. The fourth-order valence-corrected chi connectivity index (χ4v) is 3.70. The van der Waals surface area contributed by atoms with Crippen LogP contribution >= 0.6 is 11.8 Å². The third-order valence-corrected chi connectivity index (χ3v) is 5.27. The third kappa shape index (κ3) is 4.78. The minimum Gasteiger partial charge on any atom is -0.345 e. The van der Waals surface area contributed by atoms with Crippen LogP contribution in [0.1, 0.15) is 11.6 Å². The lowest BCUT2D eigenvalue weighted by atomic mass is 9.94. The summed E-state index contributed by atoms with van der Waals surface area (Å²) < 4.78 is 13.1. The number of carbonyl (C=O) groups is 1. The number of halogens is 1. The lowest BCUT2D eigenvalue weighted by molar-refractivity contribution is -0.127. The Hall–Kier alpha value is -1.96. The van der Waals surface area contributed by atoms with Gasteiger partial charge in [-0.1, -0.05) is 12.1 Å². The molecule has 1 aliphatic rings. The van der Waals surface area contributed by atoms with E-state index in [4.69, 9.17) is 0 Å². The molecule has 0 spiro atoms. The van der Waals surface area contributed by atoms with Crippen LogP contribution in [0.3, 0.4) is 0 Å². The normalized spacial score (nSPS) is 19.8. The highest BCUT2D eigenvalue weighted by molar-refractivity contribution is 8.00. The number of nitrogens with one attached hydrogen (secondary N) is 2. The number of amides is 1. The van der Waals surface area contributed by atoms with Crippen LogP contribution < -0.4 is 10.9 Å². The van der Waals surface area contributed by atoms with E-state index in [1.54, 1.807) is 29.4 Å². The molecule has 25 heavy (non-hydrogen) atoms. The first-order chi connectivity index (χ1) is 12.1. The van der Waals surface area contributed by atoms with Crippen molar-refractivity contribution in [2.45, 2.75) is 10.9 Å². The molecule has 0 saturated carbocycles. The highest BCUT2D eigenvalue weighted by Crippen LogP contribution is 2.26. The first kappa shape index (κ1) is 17.8. The quantitative estimate of drug-likeness (QED) is 0.774. The van der Waals surface area contributed by atoms with E-state index in [1.807, 2.05) is 19.2 Å². The third-order valence-electron chi connectivity index (χ3n) is 4.27. The van der Waals surface area contributed by atoms with E-state index in [0.717, 1.165) is 17.0 Å². The monoisotopic (exact) mass is 360 g/mol. The zero-order chi connectivity index (χ0) is 17.6. The molecular weight excluding hydrogens is 339 g/mol. The van der Waals surface area contributed by atoms with Crippen LogP contribution in [0.4, 0.5) is 4.39 Å². The van der Waals surface area contributed by atoms with E-state index in [1.165, 1.54) is 23.9 Å². The van der Waals surface area contributed by atoms with E-state index in [-0.39, 0.29) is 23.7 Å². The number of carbonyl (C=O) groups excluding carboxylic acids is 1. The number of hydrogen-bond acceptors (Lipinski definition) is 5. The van der Waals surface area contributed by atoms with E-state index in [9.17, 15) is 9.18 Å². The van der Waals surface area contributed by atoms with Gasteiger partial charge in [-0.3, -0.25) is 15.2 Å². The van der Waals surface area contributed by atoms with Gasteiger partial charge in [0.15, 0.2) is 0 Å². The maximum absolute atomic E-state index is 13.1.